The fraction of sp³-hybridized carbons (Fsp3) is 0.364. The van der Waals surface area contributed by atoms with Gasteiger partial charge >= 0.3 is 6.18 Å². The van der Waals surface area contributed by atoms with Gasteiger partial charge in [0.25, 0.3) is 0 Å². The number of halogens is 3. The lowest BCUT2D eigenvalue weighted by Crippen LogP contribution is -2.28. The summed E-state index contributed by atoms with van der Waals surface area (Å²) in [5.74, 6) is 0. The van der Waals surface area contributed by atoms with Crippen molar-refractivity contribution in [2.45, 2.75) is 25.6 Å². The van der Waals surface area contributed by atoms with Crippen molar-refractivity contribution < 1.29 is 13.2 Å². The Morgan fingerprint density at radius 2 is 1.88 bits per heavy atom. The maximum absolute atomic E-state index is 12.6. The quantitative estimate of drug-likeness (QED) is 0.671. The lowest BCUT2D eigenvalue weighted by atomic mass is 10.1. The highest BCUT2D eigenvalue weighted by molar-refractivity contribution is 5.56. The molecular weight excluding hydrogens is 217 g/mol. The zero-order chi connectivity index (χ0) is 12.1. The average Bonchev–Trinajstić information content (AvgIpc) is 2.38. The molecule has 0 amide bonds. The molecule has 1 aliphatic rings. The molecule has 1 aromatic rings. The van der Waals surface area contributed by atoms with Crippen LogP contribution in [-0.2, 0) is 6.18 Å². The summed E-state index contributed by atoms with van der Waals surface area (Å²) in [5.41, 5.74) is 4.01. The van der Waals surface area contributed by atoms with Crippen LogP contribution in [0.1, 0.15) is 19.4 Å². The Hall–Kier alpha value is -1.52. The van der Waals surface area contributed by atoms with E-state index in [9.17, 15) is 13.2 Å². The molecule has 0 aliphatic carbocycles. The molecule has 1 heterocycles. The first-order valence-electron chi connectivity index (χ1n) is 4.79. The Morgan fingerprint density at radius 1 is 1.25 bits per heavy atom. The number of alkyl halides is 3. The maximum atomic E-state index is 12.6. The van der Waals surface area contributed by atoms with Gasteiger partial charge in [0.1, 0.15) is 0 Å². The van der Waals surface area contributed by atoms with Crippen molar-refractivity contribution >= 4 is 11.8 Å². The van der Waals surface area contributed by atoms with Crippen LogP contribution in [0.4, 0.5) is 18.9 Å². The van der Waals surface area contributed by atoms with Crippen molar-refractivity contribution in [1.82, 2.24) is 0 Å². The molecule has 0 bridgehead atoms. The lowest BCUT2D eigenvalue weighted by molar-refractivity contribution is -0.136. The number of nitrogen functional groups attached to an aromatic ring is 1. The molecule has 2 rings (SSSR count). The van der Waals surface area contributed by atoms with Gasteiger partial charge in [-0.25, -0.2) is 0 Å². The second-order valence-corrected chi connectivity index (χ2v) is 4.37. The highest BCUT2D eigenvalue weighted by Crippen LogP contribution is 2.31. The topological polar surface area (TPSA) is 38.4 Å². The van der Waals surface area contributed by atoms with Crippen molar-refractivity contribution in [1.29, 1.82) is 0 Å². The summed E-state index contributed by atoms with van der Waals surface area (Å²) < 4.78 is 37.8. The maximum Gasteiger partial charge on any atom is 0.418 e. The normalized spacial score (nSPS) is 17.6. The number of rotatable bonds is 0. The molecule has 0 spiro atoms. The molecule has 0 radical (unpaired) electrons. The van der Waals surface area contributed by atoms with Crippen LogP contribution in [0, 0.1) is 0 Å². The van der Waals surface area contributed by atoms with Crippen LogP contribution in [0.5, 0.6) is 0 Å². The second-order valence-electron chi connectivity index (χ2n) is 4.37. The Bertz CT molecular complexity index is 556. The lowest BCUT2D eigenvalue weighted by Gasteiger charge is -2.09. The van der Waals surface area contributed by atoms with Crippen LogP contribution in [0.3, 0.4) is 0 Å². The monoisotopic (exact) mass is 228 g/mol. The van der Waals surface area contributed by atoms with Gasteiger partial charge in [0.2, 0.25) is 0 Å². The molecule has 0 unspecified atom stereocenters. The predicted molar refractivity (Wildman–Crippen MR) is 55.2 cm³/mol. The molecule has 0 fully saturated rings. The van der Waals surface area contributed by atoms with Gasteiger partial charge in [-0.1, -0.05) is 0 Å². The van der Waals surface area contributed by atoms with E-state index in [2.05, 4.69) is 4.99 Å². The molecule has 0 saturated heterocycles. The Labute approximate surface area is 90.3 Å². The molecule has 86 valence electrons. The van der Waals surface area contributed by atoms with Gasteiger partial charge in [-0.2, -0.15) is 13.2 Å². The number of nitrogens with two attached hydrogens (primary N) is 1. The van der Waals surface area contributed by atoms with Crippen LogP contribution in [-0.4, -0.2) is 5.54 Å². The first kappa shape index (κ1) is 11.0. The second kappa shape index (κ2) is 2.99. The van der Waals surface area contributed by atoms with Gasteiger partial charge in [0, 0.05) is 5.22 Å². The Morgan fingerprint density at radius 3 is 2.44 bits per heavy atom. The Kier molecular flexibility index (Phi) is 2.05. The number of hydrogen-bond acceptors (Lipinski definition) is 2. The third-order valence-corrected chi connectivity index (χ3v) is 2.48. The van der Waals surface area contributed by atoms with E-state index in [0.717, 1.165) is 6.07 Å². The molecule has 0 aromatic heterocycles. The van der Waals surface area contributed by atoms with Crippen molar-refractivity contribution in [2.75, 3.05) is 5.73 Å². The predicted octanol–water partition coefficient (Wildman–Crippen LogP) is 1.48. The van der Waals surface area contributed by atoms with Crippen LogP contribution in [0.15, 0.2) is 17.1 Å². The minimum Gasteiger partial charge on any atom is -0.398 e. The van der Waals surface area contributed by atoms with E-state index in [0.29, 0.717) is 10.6 Å². The first-order chi connectivity index (χ1) is 7.21. The third kappa shape index (κ3) is 1.66. The van der Waals surface area contributed by atoms with Gasteiger partial charge in [0.15, 0.2) is 0 Å². The fourth-order valence-electron chi connectivity index (χ4n) is 1.82. The SMILES string of the molecule is CC1(C)C=c2c(N)c(C(F)(F)F)ccc2=N1. The average molecular weight is 228 g/mol. The van der Waals surface area contributed by atoms with Crippen molar-refractivity contribution in [3.8, 4) is 0 Å². The zero-order valence-corrected chi connectivity index (χ0v) is 8.89. The standard InChI is InChI=1S/C11H11F3N2/c1-10(2)5-6-8(16-10)4-3-7(9(6)15)11(12,13)14/h3-5H,15H2,1-2H3. The molecule has 2 nitrogen and oxygen atoms in total. The minimum absolute atomic E-state index is 0.237. The molecule has 0 saturated carbocycles. The molecule has 0 atom stereocenters. The summed E-state index contributed by atoms with van der Waals surface area (Å²) in [4.78, 5) is 4.27. The van der Waals surface area contributed by atoms with Crippen LogP contribution < -0.4 is 16.3 Å². The molecule has 5 heteroatoms. The fourth-order valence-corrected chi connectivity index (χ4v) is 1.82. The van der Waals surface area contributed by atoms with Crippen molar-refractivity contribution in [2.24, 2.45) is 4.99 Å². The van der Waals surface area contributed by atoms with Crippen molar-refractivity contribution in [3.63, 3.8) is 0 Å². The smallest absolute Gasteiger partial charge is 0.398 e. The summed E-state index contributed by atoms with van der Waals surface area (Å²) in [7, 11) is 0. The molecular formula is C11H11F3N2. The number of benzene rings is 1. The number of nitrogens with zero attached hydrogens (tertiary/aromatic N) is 1. The molecule has 2 N–H and O–H groups in total. The van der Waals surface area contributed by atoms with Gasteiger partial charge < -0.3 is 5.73 Å². The molecule has 1 aromatic carbocycles. The van der Waals surface area contributed by atoms with Gasteiger partial charge in [-0.15, -0.1) is 0 Å². The summed E-state index contributed by atoms with van der Waals surface area (Å²) in [6.45, 7) is 3.64. The minimum atomic E-state index is -4.42. The highest BCUT2D eigenvalue weighted by atomic mass is 19.4. The van der Waals surface area contributed by atoms with E-state index in [1.54, 1.807) is 6.08 Å². The van der Waals surface area contributed by atoms with Gasteiger partial charge in [-0.3, -0.25) is 4.99 Å². The summed E-state index contributed by atoms with van der Waals surface area (Å²) in [6, 6.07) is 2.34. The zero-order valence-electron chi connectivity index (χ0n) is 8.89. The van der Waals surface area contributed by atoms with E-state index < -0.39 is 17.3 Å². The Balaban J connectivity index is 2.76. The summed E-state index contributed by atoms with van der Waals surface area (Å²) in [5, 5.41) is 0.912. The van der Waals surface area contributed by atoms with E-state index in [-0.39, 0.29) is 5.69 Å². The van der Waals surface area contributed by atoms with E-state index >= 15 is 0 Å². The first-order valence-corrected chi connectivity index (χ1v) is 4.79. The third-order valence-electron chi connectivity index (χ3n) is 2.48. The van der Waals surface area contributed by atoms with Gasteiger partial charge in [-0.05, 0) is 32.1 Å². The molecule has 16 heavy (non-hydrogen) atoms. The van der Waals surface area contributed by atoms with Crippen LogP contribution in [0.2, 0.25) is 0 Å². The van der Waals surface area contributed by atoms with Crippen LogP contribution >= 0.6 is 0 Å². The molecule has 1 aliphatic heterocycles. The van der Waals surface area contributed by atoms with E-state index in [1.807, 2.05) is 13.8 Å². The highest BCUT2D eigenvalue weighted by Gasteiger charge is 2.34. The van der Waals surface area contributed by atoms with Crippen LogP contribution in [0.25, 0.3) is 6.08 Å². The summed E-state index contributed by atoms with van der Waals surface area (Å²) >= 11 is 0. The number of hydrogen-bond donors (Lipinski definition) is 1. The summed E-state index contributed by atoms with van der Waals surface area (Å²) in [6.07, 6.45) is -2.76. The largest absolute Gasteiger partial charge is 0.418 e. The number of anilines is 1. The van der Waals surface area contributed by atoms with E-state index in [1.165, 1.54) is 6.07 Å². The van der Waals surface area contributed by atoms with E-state index in [4.69, 9.17) is 5.73 Å². The van der Waals surface area contributed by atoms with Crippen molar-refractivity contribution in [3.05, 3.63) is 28.3 Å². The van der Waals surface area contributed by atoms with Gasteiger partial charge in [0.05, 0.1) is 22.1 Å². The number of fused-ring (bicyclic) bond motifs is 1.